The Morgan fingerprint density at radius 3 is 2.26 bits per heavy atom. The standard InChI is InChI=1S/C34H38N2O2S/c1-3-30-24-31(34(39-30)35-33(37)28-13-9-6-10-14-28)32(27-15-17-29(18-16-27)38-4-2)36-21-19-26(20-22-36)23-25-11-7-5-8-12-25/h5-18,24,26,32H,3-4,19-23H2,1-2H3,(H,35,37)/t32-/m0/s1. The number of benzene rings is 3. The van der Waals surface area contributed by atoms with Crippen molar-refractivity contribution in [3.8, 4) is 5.75 Å². The first kappa shape index (κ1) is 27.2. The number of nitrogens with zero attached hydrogens (tertiary/aromatic N) is 1. The molecule has 3 aromatic carbocycles. The van der Waals surface area contributed by atoms with Gasteiger partial charge < -0.3 is 10.1 Å². The van der Waals surface area contributed by atoms with Gasteiger partial charge in [0.05, 0.1) is 12.6 Å². The molecule has 0 radical (unpaired) electrons. The summed E-state index contributed by atoms with van der Waals surface area (Å²) < 4.78 is 5.74. The smallest absolute Gasteiger partial charge is 0.256 e. The van der Waals surface area contributed by atoms with Crippen molar-refractivity contribution in [3.05, 3.63) is 118 Å². The molecule has 1 aliphatic rings. The van der Waals surface area contributed by atoms with Gasteiger partial charge in [-0.1, -0.05) is 67.6 Å². The van der Waals surface area contributed by atoms with Crippen molar-refractivity contribution in [2.45, 2.75) is 45.6 Å². The van der Waals surface area contributed by atoms with E-state index < -0.39 is 0 Å². The third kappa shape index (κ3) is 6.78. The summed E-state index contributed by atoms with van der Waals surface area (Å²) in [5.74, 6) is 1.52. The maximum Gasteiger partial charge on any atom is 0.256 e. The minimum Gasteiger partial charge on any atom is -0.494 e. The zero-order valence-corrected chi connectivity index (χ0v) is 23.8. The molecule has 1 fully saturated rings. The Kier molecular flexibility index (Phi) is 9.12. The first-order valence-corrected chi connectivity index (χ1v) is 15.0. The average Bonchev–Trinajstić information content (AvgIpc) is 3.38. The molecule has 1 aromatic heterocycles. The number of likely N-dealkylation sites (tertiary alicyclic amines) is 1. The first-order valence-electron chi connectivity index (χ1n) is 14.1. The Bertz CT molecular complexity index is 1330. The number of anilines is 1. The van der Waals surface area contributed by atoms with Crippen molar-refractivity contribution < 1.29 is 9.53 Å². The summed E-state index contributed by atoms with van der Waals surface area (Å²) in [6.07, 6.45) is 4.41. The summed E-state index contributed by atoms with van der Waals surface area (Å²) in [4.78, 5) is 17.1. The number of carbonyl (C=O) groups is 1. The molecule has 0 saturated carbocycles. The Hall–Kier alpha value is -3.41. The number of carbonyl (C=O) groups excluding carboxylic acids is 1. The van der Waals surface area contributed by atoms with Gasteiger partial charge in [0.15, 0.2) is 0 Å². The van der Waals surface area contributed by atoms with E-state index in [9.17, 15) is 4.79 Å². The van der Waals surface area contributed by atoms with Gasteiger partial charge in [0, 0.05) is 16.0 Å². The van der Waals surface area contributed by atoms with Crippen LogP contribution in [0.5, 0.6) is 5.75 Å². The zero-order chi connectivity index (χ0) is 27.0. The predicted octanol–water partition coefficient (Wildman–Crippen LogP) is 8.01. The molecule has 1 amide bonds. The van der Waals surface area contributed by atoms with Crippen molar-refractivity contribution in [1.29, 1.82) is 0 Å². The number of thiophene rings is 1. The van der Waals surface area contributed by atoms with Gasteiger partial charge in [-0.15, -0.1) is 11.3 Å². The van der Waals surface area contributed by atoms with Gasteiger partial charge in [0.2, 0.25) is 0 Å². The molecular weight excluding hydrogens is 500 g/mol. The molecule has 5 heteroatoms. The van der Waals surface area contributed by atoms with Crippen molar-refractivity contribution in [2.75, 3.05) is 25.0 Å². The highest BCUT2D eigenvalue weighted by atomic mass is 32.1. The van der Waals surface area contributed by atoms with Gasteiger partial charge in [0.1, 0.15) is 10.8 Å². The van der Waals surface area contributed by atoms with Crippen LogP contribution in [0, 0.1) is 5.92 Å². The summed E-state index contributed by atoms with van der Waals surface area (Å²) in [5.41, 5.74) is 4.52. The van der Waals surface area contributed by atoms with Gasteiger partial charge >= 0.3 is 0 Å². The number of hydrogen-bond acceptors (Lipinski definition) is 4. The summed E-state index contributed by atoms with van der Waals surface area (Å²) >= 11 is 1.70. The molecule has 4 aromatic rings. The van der Waals surface area contributed by atoms with Crippen molar-refractivity contribution in [3.63, 3.8) is 0 Å². The number of amides is 1. The number of aryl methyl sites for hydroxylation is 1. The molecule has 5 rings (SSSR count). The first-order chi connectivity index (χ1) is 19.1. The fourth-order valence-corrected chi connectivity index (χ4v) is 6.59. The fraction of sp³-hybridized carbons (Fsp3) is 0.324. The second-order valence-electron chi connectivity index (χ2n) is 10.2. The predicted molar refractivity (Wildman–Crippen MR) is 162 cm³/mol. The van der Waals surface area contributed by atoms with E-state index >= 15 is 0 Å². The highest BCUT2D eigenvalue weighted by Crippen LogP contribution is 2.41. The third-order valence-corrected chi connectivity index (χ3v) is 8.82. The Morgan fingerprint density at radius 2 is 1.62 bits per heavy atom. The number of rotatable bonds is 10. The Labute approximate surface area is 236 Å². The molecule has 0 spiro atoms. The zero-order valence-electron chi connectivity index (χ0n) is 22.9. The van der Waals surface area contributed by atoms with Crippen molar-refractivity contribution in [1.82, 2.24) is 4.90 Å². The summed E-state index contributed by atoms with van der Waals surface area (Å²) in [6.45, 7) is 6.89. The van der Waals surface area contributed by atoms with Crippen LogP contribution in [-0.4, -0.2) is 30.5 Å². The van der Waals surface area contributed by atoms with Crippen LogP contribution in [0.4, 0.5) is 5.00 Å². The maximum absolute atomic E-state index is 13.2. The van der Waals surface area contributed by atoms with E-state index in [4.69, 9.17) is 4.74 Å². The van der Waals surface area contributed by atoms with Crippen LogP contribution in [0.25, 0.3) is 0 Å². The van der Waals surface area contributed by atoms with Gasteiger partial charge in [-0.2, -0.15) is 0 Å². The molecule has 202 valence electrons. The van der Waals surface area contributed by atoms with Gasteiger partial charge in [0.25, 0.3) is 5.91 Å². The van der Waals surface area contributed by atoms with Crippen LogP contribution in [0.1, 0.15) is 64.7 Å². The van der Waals surface area contributed by atoms with Crippen LogP contribution in [0.2, 0.25) is 0 Å². The average molecular weight is 539 g/mol. The second-order valence-corrected chi connectivity index (χ2v) is 11.4. The lowest BCUT2D eigenvalue weighted by atomic mass is 9.88. The van der Waals surface area contributed by atoms with Crippen LogP contribution in [0.15, 0.2) is 91.0 Å². The largest absolute Gasteiger partial charge is 0.494 e. The van der Waals surface area contributed by atoms with E-state index in [2.05, 4.69) is 77.8 Å². The number of piperidine rings is 1. The minimum absolute atomic E-state index is 0.0617. The van der Waals surface area contributed by atoms with Crippen LogP contribution >= 0.6 is 11.3 Å². The van der Waals surface area contributed by atoms with Gasteiger partial charge in [-0.25, -0.2) is 0 Å². The summed E-state index contributed by atoms with van der Waals surface area (Å²) in [7, 11) is 0. The van der Waals surface area contributed by atoms with Gasteiger partial charge in [-0.05, 0) is 93.1 Å². The van der Waals surface area contributed by atoms with Gasteiger partial charge in [-0.3, -0.25) is 9.69 Å². The second kappa shape index (κ2) is 13.1. The fourth-order valence-electron chi connectivity index (χ4n) is 5.56. The lowest BCUT2D eigenvalue weighted by Gasteiger charge is -2.38. The number of nitrogens with one attached hydrogen (secondary N) is 1. The van der Waals surface area contributed by atoms with Crippen molar-refractivity contribution >= 4 is 22.2 Å². The van der Waals surface area contributed by atoms with E-state index in [-0.39, 0.29) is 11.9 Å². The summed E-state index contributed by atoms with van der Waals surface area (Å²) in [5, 5.41) is 4.22. The molecule has 4 nitrogen and oxygen atoms in total. The molecule has 0 bridgehead atoms. The van der Waals surface area contributed by atoms with E-state index in [0.29, 0.717) is 18.1 Å². The Balaban J connectivity index is 1.43. The SMILES string of the molecule is CCOc1ccc([C@@H](c2cc(CC)sc2NC(=O)c2ccccc2)N2CCC(Cc3ccccc3)CC2)cc1. The molecule has 39 heavy (non-hydrogen) atoms. The molecular formula is C34H38N2O2S. The van der Waals surface area contributed by atoms with E-state index in [0.717, 1.165) is 36.7 Å². The minimum atomic E-state index is -0.0617. The number of ether oxygens (including phenoxy) is 1. The van der Waals surface area contributed by atoms with Crippen LogP contribution < -0.4 is 10.1 Å². The molecule has 2 heterocycles. The van der Waals surface area contributed by atoms with E-state index in [1.165, 1.54) is 34.4 Å². The third-order valence-electron chi connectivity index (χ3n) is 7.61. The molecule has 1 aliphatic heterocycles. The summed E-state index contributed by atoms with van der Waals surface area (Å²) in [6, 6.07) is 31.2. The maximum atomic E-state index is 13.2. The topological polar surface area (TPSA) is 41.6 Å². The normalized spacial score (nSPS) is 15.1. The molecule has 1 N–H and O–H groups in total. The van der Waals surface area contributed by atoms with E-state index in [1.54, 1.807) is 11.3 Å². The lowest BCUT2D eigenvalue weighted by Crippen LogP contribution is -2.38. The molecule has 1 saturated heterocycles. The van der Waals surface area contributed by atoms with Crippen LogP contribution in [-0.2, 0) is 12.8 Å². The van der Waals surface area contributed by atoms with E-state index in [1.807, 2.05) is 37.3 Å². The molecule has 1 atom stereocenters. The van der Waals surface area contributed by atoms with Crippen LogP contribution in [0.3, 0.4) is 0 Å². The molecule has 0 unspecified atom stereocenters. The number of hydrogen-bond donors (Lipinski definition) is 1. The highest BCUT2D eigenvalue weighted by molar-refractivity contribution is 7.16. The molecule has 0 aliphatic carbocycles. The van der Waals surface area contributed by atoms with Crippen molar-refractivity contribution in [2.24, 2.45) is 5.92 Å². The highest BCUT2D eigenvalue weighted by Gasteiger charge is 2.31. The lowest BCUT2D eigenvalue weighted by molar-refractivity contribution is 0.102. The monoisotopic (exact) mass is 538 g/mol. The quantitative estimate of drug-likeness (QED) is 0.222. The Morgan fingerprint density at radius 1 is 0.949 bits per heavy atom.